The van der Waals surface area contributed by atoms with Crippen molar-refractivity contribution in [2.45, 2.75) is 25.4 Å². The molecule has 1 fully saturated rings. The number of benzene rings is 2. The van der Waals surface area contributed by atoms with Crippen molar-refractivity contribution in [2.75, 3.05) is 25.5 Å². The first kappa shape index (κ1) is 17.2. The van der Waals surface area contributed by atoms with Crippen LogP contribution in [0.15, 0.2) is 48.5 Å². The Morgan fingerprint density at radius 1 is 1.16 bits per heavy atom. The zero-order valence-corrected chi connectivity index (χ0v) is 14.4. The molecule has 0 atom stereocenters. The van der Waals surface area contributed by atoms with Gasteiger partial charge in [0.15, 0.2) is 0 Å². The lowest BCUT2D eigenvalue weighted by Gasteiger charge is -2.32. The van der Waals surface area contributed by atoms with Crippen LogP contribution in [0.25, 0.3) is 0 Å². The Morgan fingerprint density at radius 2 is 1.84 bits per heavy atom. The largest absolute Gasteiger partial charge is 0.497 e. The highest BCUT2D eigenvalue weighted by Gasteiger charge is 2.21. The van der Waals surface area contributed by atoms with E-state index in [9.17, 15) is 10.1 Å². The highest BCUT2D eigenvalue weighted by Crippen LogP contribution is 2.23. The topological polar surface area (TPSA) is 67.6 Å². The molecule has 0 amide bonds. The van der Waals surface area contributed by atoms with Crippen molar-refractivity contribution in [2.24, 2.45) is 0 Å². The second-order valence-corrected chi connectivity index (χ2v) is 6.31. The lowest BCUT2D eigenvalue weighted by molar-refractivity contribution is -0.385. The first-order valence-corrected chi connectivity index (χ1v) is 8.51. The van der Waals surface area contributed by atoms with Crippen LogP contribution in [0.4, 0.5) is 11.4 Å². The summed E-state index contributed by atoms with van der Waals surface area (Å²) in [4.78, 5) is 13.1. The molecule has 2 aromatic rings. The van der Waals surface area contributed by atoms with Gasteiger partial charge in [0.05, 0.1) is 12.0 Å². The number of para-hydroxylation sites is 1. The number of nitrogens with one attached hydrogen (secondary N) is 1. The number of methoxy groups -OCH3 is 1. The molecule has 1 N–H and O–H groups in total. The molecular formula is C19H23N3O3. The highest BCUT2D eigenvalue weighted by molar-refractivity contribution is 5.47. The van der Waals surface area contributed by atoms with E-state index in [-0.39, 0.29) is 10.6 Å². The van der Waals surface area contributed by atoms with E-state index >= 15 is 0 Å². The lowest BCUT2D eigenvalue weighted by atomic mass is 10.0. The van der Waals surface area contributed by atoms with Crippen molar-refractivity contribution in [3.8, 4) is 5.75 Å². The van der Waals surface area contributed by atoms with Gasteiger partial charge in [-0.15, -0.1) is 0 Å². The van der Waals surface area contributed by atoms with Crippen molar-refractivity contribution in [3.05, 3.63) is 64.2 Å². The maximum atomic E-state index is 11.1. The number of nitro groups is 1. The molecule has 132 valence electrons. The zero-order chi connectivity index (χ0) is 17.6. The first-order valence-electron chi connectivity index (χ1n) is 8.51. The highest BCUT2D eigenvalue weighted by atomic mass is 16.6. The third kappa shape index (κ3) is 4.48. The van der Waals surface area contributed by atoms with E-state index in [1.165, 1.54) is 0 Å². The summed E-state index contributed by atoms with van der Waals surface area (Å²) in [6, 6.07) is 15.4. The van der Waals surface area contributed by atoms with Crippen LogP contribution in [0.2, 0.25) is 0 Å². The van der Waals surface area contributed by atoms with Crippen LogP contribution in [0, 0.1) is 10.1 Å². The molecule has 6 nitrogen and oxygen atoms in total. The molecule has 25 heavy (non-hydrogen) atoms. The number of ether oxygens (including phenoxy) is 1. The van der Waals surface area contributed by atoms with Gasteiger partial charge < -0.3 is 10.1 Å². The number of hydrogen-bond donors (Lipinski definition) is 1. The van der Waals surface area contributed by atoms with E-state index in [0.29, 0.717) is 12.6 Å². The Balaban J connectivity index is 1.52. The quantitative estimate of drug-likeness (QED) is 0.641. The molecule has 1 aliphatic rings. The van der Waals surface area contributed by atoms with Gasteiger partial charge in [0.2, 0.25) is 0 Å². The van der Waals surface area contributed by atoms with Crippen molar-refractivity contribution in [1.29, 1.82) is 0 Å². The minimum absolute atomic E-state index is 0.209. The van der Waals surface area contributed by atoms with Crippen molar-refractivity contribution >= 4 is 11.4 Å². The third-order valence-corrected chi connectivity index (χ3v) is 4.63. The van der Waals surface area contributed by atoms with Crippen LogP contribution >= 0.6 is 0 Å². The molecule has 1 saturated heterocycles. The maximum absolute atomic E-state index is 11.1. The normalized spacial score (nSPS) is 15.7. The van der Waals surface area contributed by atoms with Gasteiger partial charge >= 0.3 is 0 Å². The first-order chi connectivity index (χ1) is 12.2. The van der Waals surface area contributed by atoms with Crippen LogP contribution in [-0.2, 0) is 6.54 Å². The third-order valence-electron chi connectivity index (χ3n) is 4.63. The Morgan fingerprint density at radius 3 is 2.48 bits per heavy atom. The van der Waals surface area contributed by atoms with Crippen LogP contribution in [0.5, 0.6) is 5.75 Å². The number of piperidine rings is 1. The van der Waals surface area contributed by atoms with Crippen molar-refractivity contribution in [3.63, 3.8) is 0 Å². The zero-order valence-electron chi connectivity index (χ0n) is 14.4. The SMILES string of the molecule is COc1ccc(NC2CCN(Cc3ccccc3[N+](=O)[O-])CC2)cc1. The second-order valence-electron chi connectivity index (χ2n) is 6.31. The van der Waals surface area contributed by atoms with E-state index < -0.39 is 0 Å². The molecule has 3 rings (SSSR count). The van der Waals surface area contributed by atoms with Gasteiger partial charge in [-0.2, -0.15) is 0 Å². The molecule has 0 unspecified atom stereocenters. The van der Waals surface area contributed by atoms with Crippen LogP contribution < -0.4 is 10.1 Å². The van der Waals surface area contributed by atoms with Crippen LogP contribution in [0.1, 0.15) is 18.4 Å². The molecular weight excluding hydrogens is 318 g/mol. The molecule has 1 aliphatic heterocycles. The van der Waals surface area contributed by atoms with Gasteiger partial charge in [-0.3, -0.25) is 15.0 Å². The number of nitrogens with zero attached hydrogens (tertiary/aromatic N) is 2. The summed E-state index contributed by atoms with van der Waals surface area (Å²) in [6.45, 7) is 2.49. The summed E-state index contributed by atoms with van der Waals surface area (Å²) >= 11 is 0. The molecule has 0 saturated carbocycles. The number of nitro benzene ring substituents is 1. The molecule has 6 heteroatoms. The van der Waals surface area contributed by atoms with Gasteiger partial charge in [0.1, 0.15) is 5.75 Å². The average Bonchev–Trinajstić information content (AvgIpc) is 2.64. The van der Waals surface area contributed by atoms with E-state index in [2.05, 4.69) is 10.2 Å². The standard InChI is InChI=1S/C19H23N3O3/c1-25-18-8-6-16(7-9-18)20-17-10-12-21(13-11-17)14-15-4-2-3-5-19(15)22(23)24/h2-9,17,20H,10-14H2,1H3. The van der Waals surface area contributed by atoms with Gasteiger partial charge in [-0.25, -0.2) is 0 Å². The number of anilines is 1. The minimum Gasteiger partial charge on any atom is -0.497 e. The van der Waals surface area contributed by atoms with E-state index in [1.54, 1.807) is 19.2 Å². The van der Waals surface area contributed by atoms with Gasteiger partial charge in [0, 0.05) is 43.0 Å². The Labute approximate surface area is 147 Å². The molecule has 2 aromatic carbocycles. The summed E-state index contributed by atoms with van der Waals surface area (Å²) in [5.74, 6) is 0.852. The Bertz CT molecular complexity index is 710. The van der Waals surface area contributed by atoms with Gasteiger partial charge in [-0.1, -0.05) is 18.2 Å². The Kier molecular flexibility index (Phi) is 5.50. The van der Waals surface area contributed by atoms with Crippen molar-refractivity contribution in [1.82, 2.24) is 4.90 Å². The Hall–Kier alpha value is -2.60. The summed E-state index contributed by atoms with van der Waals surface area (Å²) in [7, 11) is 1.66. The monoisotopic (exact) mass is 341 g/mol. The number of rotatable bonds is 6. The summed E-state index contributed by atoms with van der Waals surface area (Å²) in [5.41, 5.74) is 2.09. The summed E-state index contributed by atoms with van der Waals surface area (Å²) in [5, 5.41) is 14.7. The fourth-order valence-electron chi connectivity index (χ4n) is 3.22. The van der Waals surface area contributed by atoms with Gasteiger partial charge in [0.25, 0.3) is 5.69 Å². The predicted octanol–water partition coefficient (Wildman–Crippen LogP) is 3.68. The van der Waals surface area contributed by atoms with Crippen LogP contribution in [-0.4, -0.2) is 36.1 Å². The number of hydrogen-bond acceptors (Lipinski definition) is 5. The van der Waals surface area contributed by atoms with E-state index in [4.69, 9.17) is 4.74 Å². The van der Waals surface area contributed by atoms with E-state index in [0.717, 1.165) is 42.9 Å². The van der Waals surface area contributed by atoms with E-state index in [1.807, 2.05) is 36.4 Å². The predicted molar refractivity (Wildman–Crippen MR) is 98.0 cm³/mol. The minimum atomic E-state index is -0.298. The maximum Gasteiger partial charge on any atom is 0.273 e. The summed E-state index contributed by atoms with van der Waals surface area (Å²) < 4.78 is 5.17. The molecule has 1 heterocycles. The van der Waals surface area contributed by atoms with Crippen molar-refractivity contribution < 1.29 is 9.66 Å². The van der Waals surface area contributed by atoms with Gasteiger partial charge in [-0.05, 0) is 37.1 Å². The lowest BCUT2D eigenvalue weighted by Crippen LogP contribution is -2.38. The molecule has 0 aromatic heterocycles. The molecule has 0 aliphatic carbocycles. The fourth-order valence-corrected chi connectivity index (χ4v) is 3.22. The molecule has 0 spiro atoms. The summed E-state index contributed by atoms with van der Waals surface area (Å²) in [6.07, 6.45) is 2.04. The molecule has 0 radical (unpaired) electrons. The second kappa shape index (κ2) is 7.98. The smallest absolute Gasteiger partial charge is 0.273 e. The average molecular weight is 341 g/mol. The number of likely N-dealkylation sites (tertiary alicyclic amines) is 1. The molecule has 0 bridgehead atoms. The van der Waals surface area contributed by atoms with Crippen LogP contribution in [0.3, 0.4) is 0 Å². The fraction of sp³-hybridized carbons (Fsp3) is 0.368.